The van der Waals surface area contributed by atoms with Crippen LogP contribution in [0.1, 0.15) is 13.3 Å². The summed E-state index contributed by atoms with van der Waals surface area (Å²) >= 11 is 0. The predicted octanol–water partition coefficient (Wildman–Crippen LogP) is 0.694. The summed E-state index contributed by atoms with van der Waals surface area (Å²) in [5, 5.41) is 0. The molecule has 0 aromatic carbocycles. The summed E-state index contributed by atoms with van der Waals surface area (Å²) in [6.07, 6.45) is 2.95. The van der Waals surface area contributed by atoms with E-state index in [-0.39, 0.29) is 0 Å². The highest BCUT2D eigenvalue weighted by Gasteiger charge is 1.96. The molecule has 1 rings (SSSR count). The van der Waals surface area contributed by atoms with Crippen LogP contribution in [0.5, 0.6) is 0 Å². The lowest BCUT2D eigenvalue weighted by molar-refractivity contribution is 1.06. The van der Waals surface area contributed by atoms with Crippen molar-refractivity contribution in [3.63, 3.8) is 0 Å². The fraction of sp³-hybridized carbons (Fsp3) is 0.500. The average Bonchev–Trinajstić information content (AvgIpc) is 1.77. The zero-order valence-corrected chi connectivity index (χ0v) is 5.02. The molecule has 2 N–H and O–H groups in total. The number of aliphatic imine (C=N–C) groups is 1. The van der Waals surface area contributed by atoms with Crippen molar-refractivity contribution in [2.24, 2.45) is 10.7 Å². The molecule has 1 heterocycles. The third kappa shape index (κ3) is 1.09. The quantitative estimate of drug-likeness (QED) is 0.458. The summed E-state index contributed by atoms with van der Waals surface area (Å²) in [6.45, 7) is 2.86. The van der Waals surface area contributed by atoms with Crippen LogP contribution in [-0.4, -0.2) is 12.4 Å². The Balaban J connectivity index is 2.54. The van der Waals surface area contributed by atoms with Crippen molar-refractivity contribution >= 4 is 5.84 Å². The molecular formula is C6H10N2. The summed E-state index contributed by atoms with van der Waals surface area (Å²) in [4.78, 5) is 4.04. The third-order valence-corrected chi connectivity index (χ3v) is 1.19. The summed E-state index contributed by atoms with van der Waals surface area (Å²) in [6, 6.07) is 0. The first-order chi connectivity index (χ1) is 3.79. The van der Waals surface area contributed by atoms with Crippen LogP contribution in [0.25, 0.3) is 0 Å². The molecule has 44 valence electrons. The molecule has 0 spiro atoms. The standard InChI is InChI=1S/C6H10N2/c1-5-2-3-6(7)8-4-5/h2H,3-4H2,1H3,(H2,7,8). The molecule has 0 atom stereocenters. The molecule has 2 nitrogen and oxygen atoms in total. The molecule has 0 saturated heterocycles. The molecule has 0 aromatic heterocycles. The summed E-state index contributed by atoms with van der Waals surface area (Å²) in [7, 11) is 0. The Labute approximate surface area is 49.1 Å². The molecule has 0 amide bonds. The second kappa shape index (κ2) is 1.99. The lowest BCUT2D eigenvalue weighted by Crippen LogP contribution is -2.14. The van der Waals surface area contributed by atoms with E-state index in [1.807, 2.05) is 0 Å². The van der Waals surface area contributed by atoms with Gasteiger partial charge in [0, 0.05) is 6.42 Å². The number of amidine groups is 1. The number of nitrogens with zero attached hydrogens (tertiary/aromatic N) is 1. The van der Waals surface area contributed by atoms with Crippen LogP contribution >= 0.6 is 0 Å². The highest BCUT2D eigenvalue weighted by molar-refractivity contribution is 5.82. The lowest BCUT2D eigenvalue weighted by atomic mass is 10.2. The first-order valence-corrected chi connectivity index (χ1v) is 2.73. The van der Waals surface area contributed by atoms with Gasteiger partial charge in [0.15, 0.2) is 0 Å². The van der Waals surface area contributed by atoms with E-state index in [9.17, 15) is 0 Å². The van der Waals surface area contributed by atoms with Gasteiger partial charge < -0.3 is 5.73 Å². The minimum Gasteiger partial charge on any atom is -0.387 e. The van der Waals surface area contributed by atoms with E-state index in [4.69, 9.17) is 5.73 Å². The molecular weight excluding hydrogens is 100 g/mol. The fourth-order valence-electron chi connectivity index (χ4n) is 0.634. The van der Waals surface area contributed by atoms with Gasteiger partial charge in [-0.1, -0.05) is 11.6 Å². The van der Waals surface area contributed by atoms with Gasteiger partial charge in [-0.15, -0.1) is 0 Å². The van der Waals surface area contributed by atoms with Gasteiger partial charge >= 0.3 is 0 Å². The molecule has 0 bridgehead atoms. The Morgan fingerprint density at radius 3 is 2.88 bits per heavy atom. The average molecular weight is 110 g/mol. The van der Waals surface area contributed by atoms with E-state index in [2.05, 4.69) is 18.0 Å². The fourth-order valence-corrected chi connectivity index (χ4v) is 0.634. The normalized spacial score (nSPS) is 19.6. The molecule has 8 heavy (non-hydrogen) atoms. The van der Waals surface area contributed by atoms with E-state index in [1.54, 1.807) is 0 Å². The van der Waals surface area contributed by atoms with Crippen molar-refractivity contribution in [3.05, 3.63) is 11.6 Å². The second-order valence-electron chi connectivity index (χ2n) is 2.06. The van der Waals surface area contributed by atoms with Gasteiger partial charge in [-0.2, -0.15) is 0 Å². The highest BCUT2D eigenvalue weighted by atomic mass is 14.9. The first-order valence-electron chi connectivity index (χ1n) is 2.73. The van der Waals surface area contributed by atoms with Crippen molar-refractivity contribution in [2.75, 3.05) is 6.54 Å². The van der Waals surface area contributed by atoms with Crippen molar-refractivity contribution in [1.82, 2.24) is 0 Å². The van der Waals surface area contributed by atoms with Gasteiger partial charge in [0.1, 0.15) is 0 Å². The summed E-state index contributed by atoms with van der Waals surface area (Å²) in [5.74, 6) is 0.760. The van der Waals surface area contributed by atoms with Gasteiger partial charge in [0.2, 0.25) is 0 Å². The van der Waals surface area contributed by atoms with Crippen LogP contribution in [0, 0.1) is 0 Å². The maximum Gasteiger partial charge on any atom is 0.0979 e. The number of nitrogens with two attached hydrogens (primary N) is 1. The van der Waals surface area contributed by atoms with Gasteiger partial charge in [-0.25, -0.2) is 0 Å². The van der Waals surface area contributed by atoms with Crippen LogP contribution in [0.3, 0.4) is 0 Å². The van der Waals surface area contributed by atoms with Gasteiger partial charge in [0.05, 0.1) is 12.4 Å². The monoisotopic (exact) mass is 110 g/mol. The number of dihydropyridines is 1. The molecule has 0 aromatic rings. The van der Waals surface area contributed by atoms with Crippen molar-refractivity contribution in [2.45, 2.75) is 13.3 Å². The van der Waals surface area contributed by atoms with Crippen molar-refractivity contribution < 1.29 is 0 Å². The topological polar surface area (TPSA) is 38.4 Å². The van der Waals surface area contributed by atoms with Gasteiger partial charge in [0.25, 0.3) is 0 Å². The molecule has 0 saturated carbocycles. The van der Waals surface area contributed by atoms with Crippen molar-refractivity contribution in [3.8, 4) is 0 Å². The lowest BCUT2D eigenvalue weighted by Gasteiger charge is -2.04. The van der Waals surface area contributed by atoms with E-state index in [1.165, 1.54) is 5.57 Å². The first kappa shape index (κ1) is 5.35. The second-order valence-corrected chi connectivity index (χ2v) is 2.06. The zero-order valence-electron chi connectivity index (χ0n) is 5.02. The van der Waals surface area contributed by atoms with Gasteiger partial charge in [-0.05, 0) is 6.92 Å². The van der Waals surface area contributed by atoms with Crippen LogP contribution < -0.4 is 5.73 Å². The number of rotatable bonds is 0. The van der Waals surface area contributed by atoms with Crippen LogP contribution in [0.2, 0.25) is 0 Å². The van der Waals surface area contributed by atoms with Gasteiger partial charge in [-0.3, -0.25) is 4.99 Å². The highest BCUT2D eigenvalue weighted by Crippen LogP contribution is 2.01. The predicted molar refractivity (Wildman–Crippen MR) is 34.9 cm³/mol. The molecule has 0 fully saturated rings. The van der Waals surface area contributed by atoms with Crippen LogP contribution in [0.4, 0.5) is 0 Å². The van der Waals surface area contributed by atoms with E-state index in [0.29, 0.717) is 0 Å². The van der Waals surface area contributed by atoms with E-state index in [0.717, 1.165) is 18.8 Å². The molecule has 0 aliphatic carbocycles. The Morgan fingerprint density at radius 1 is 1.75 bits per heavy atom. The third-order valence-electron chi connectivity index (χ3n) is 1.19. The van der Waals surface area contributed by atoms with Crippen LogP contribution in [0.15, 0.2) is 16.6 Å². The maximum absolute atomic E-state index is 5.40. The maximum atomic E-state index is 5.40. The molecule has 0 unspecified atom stereocenters. The Kier molecular flexibility index (Phi) is 1.33. The smallest absolute Gasteiger partial charge is 0.0979 e. The van der Waals surface area contributed by atoms with Crippen LogP contribution in [-0.2, 0) is 0 Å². The minimum absolute atomic E-state index is 0.760. The molecule has 2 heteroatoms. The largest absolute Gasteiger partial charge is 0.387 e. The van der Waals surface area contributed by atoms with E-state index >= 15 is 0 Å². The molecule has 1 aliphatic rings. The minimum atomic E-state index is 0.760. The van der Waals surface area contributed by atoms with Crippen molar-refractivity contribution in [1.29, 1.82) is 0 Å². The number of hydrogen-bond acceptors (Lipinski definition) is 2. The Bertz CT molecular complexity index is 127. The SMILES string of the molecule is CC1=CCC(N)=NC1. The summed E-state index contributed by atoms with van der Waals surface area (Å²) < 4.78 is 0. The molecule has 1 aliphatic heterocycles. The number of hydrogen-bond donors (Lipinski definition) is 1. The Morgan fingerprint density at radius 2 is 2.50 bits per heavy atom. The molecule has 0 radical (unpaired) electrons. The Hall–Kier alpha value is -0.790. The summed E-state index contributed by atoms with van der Waals surface area (Å²) in [5.41, 5.74) is 6.72. The van der Waals surface area contributed by atoms with E-state index < -0.39 is 0 Å². The zero-order chi connectivity index (χ0) is 5.98.